The van der Waals surface area contributed by atoms with E-state index in [4.69, 9.17) is 4.74 Å². The Hall–Kier alpha value is -0.910. The Bertz CT molecular complexity index is 563. The molecule has 2 rings (SSSR count). The summed E-state index contributed by atoms with van der Waals surface area (Å²) in [7, 11) is -3.07. The Kier molecular flexibility index (Phi) is 5.64. The number of rotatable bonds is 5. The number of ether oxygens (including phenoxy) is 1. The molecule has 4 nitrogen and oxygen atoms in total. The maximum absolute atomic E-state index is 12.3. The molecule has 5 heteroatoms. The van der Waals surface area contributed by atoms with Crippen molar-refractivity contribution in [3.05, 3.63) is 35.9 Å². The van der Waals surface area contributed by atoms with Gasteiger partial charge < -0.3 is 4.74 Å². The molecule has 0 aromatic heterocycles. The Morgan fingerprint density at radius 2 is 1.91 bits per heavy atom. The summed E-state index contributed by atoms with van der Waals surface area (Å²) in [5, 5.41) is 0. The molecule has 1 fully saturated rings. The van der Waals surface area contributed by atoms with Crippen LogP contribution in [0.5, 0.6) is 0 Å². The first-order chi connectivity index (χ1) is 10.3. The standard InChI is InChI=1S/C17H27NO3S/c1-17(2,3)16-13-18(9-11-21-16)10-12-22(19,20)14-15-7-5-4-6-8-15/h4-8,16H,9-14H2,1-3H3/t16-/m0/s1. The van der Waals surface area contributed by atoms with Gasteiger partial charge in [-0.15, -0.1) is 0 Å². The smallest absolute Gasteiger partial charge is 0.155 e. The van der Waals surface area contributed by atoms with Crippen LogP contribution in [0, 0.1) is 5.41 Å². The van der Waals surface area contributed by atoms with E-state index in [1.165, 1.54) is 0 Å². The summed E-state index contributed by atoms with van der Waals surface area (Å²) in [6.07, 6.45) is 0.165. The van der Waals surface area contributed by atoms with Gasteiger partial charge in [0, 0.05) is 19.6 Å². The van der Waals surface area contributed by atoms with E-state index in [0.717, 1.165) is 18.7 Å². The Morgan fingerprint density at radius 3 is 2.55 bits per heavy atom. The van der Waals surface area contributed by atoms with Crippen molar-refractivity contribution >= 4 is 9.84 Å². The molecule has 1 atom stereocenters. The molecule has 1 aromatic carbocycles. The molecule has 1 aromatic rings. The normalized spacial score (nSPS) is 21.0. The van der Waals surface area contributed by atoms with Crippen molar-refractivity contribution in [2.75, 3.05) is 32.0 Å². The van der Waals surface area contributed by atoms with Crippen molar-refractivity contribution in [3.8, 4) is 0 Å². The van der Waals surface area contributed by atoms with E-state index in [1.807, 2.05) is 30.3 Å². The van der Waals surface area contributed by atoms with Crippen LogP contribution in [0.4, 0.5) is 0 Å². The minimum atomic E-state index is -3.07. The molecule has 0 amide bonds. The van der Waals surface area contributed by atoms with E-state index >= 15 is 0 Å². The van der Waals surface area contributed by atoms with Gasteiger partial charge in [-0.05, 0) is 11.0 Å². The van der Waals surface area contributed by atoms with E-state index in [9.17, 15) is 8.42 Å². The van der Waals surface area contributed by atoms with Gasteiger partial charge in [0.2, 0.25) is 0 Å². The third-order valence-electron chi connectivity index (χ3n) is 4.06. The Morgan fingerprint density at radius 1 is 1.23 bits per heavy atom. The van der Waals surface area contributed by atoms with Crippen LogP contribution in [-0.2, 0) is 20.3 Å². The molecular formula is C17H27NO3S. The number of morpholine rings is 1. The Balaban J connectivity index is 1.86. The lowest BCUT2D eigenvalue weighted by atomic mass is 9.88. The predicted molar refractivity (Wildman–Crippen MR) is 89.6 cm³/mol. The van der Waals surface area contributed by atoms with Crippen LogP contribution in [0.3, 0.4) is 0 Å². The van der Waals surface area contributed by atoms with Crippen molar-refractivity contribution in [2.45, 2.75) is 32.6 Å². The lowest BCUT2D eigenvalue weighted by Gasteiger charge is -2.39. The third kappa shape index (κ3) is 5.38. The van der Waals surface area contributed by atoms with Crippen LogP contribution in [0.2, 0.25) is 0 Å². The molecule has 0 N–H and O–H groups in total. The zero-order valence-electron chi connectivity index (χ0n) is 13.8. The van der Waals surface area contributed by atoms with Crippen molar-refractivity contribution in [1.82, 2.24) is 4.90 Å². The van der Waals surface area contributed by atoms with Gasteiger partial charge in [-0.25, -0.2) is 8.42 Å². The minimum Gasteiger partial charge on any atom is -0.375 e. The highest BCUT2D eigenvalue weighted by Gasteiger charge is 2.30. The van der Waals surface area contributed by atoms with Gasteiger partial charge in [-0.3, -0.25) is 4.90 Å². The molecule has 124 valence electrons. The first-order valence-corrected chi connectivity index (χ1v) is 9.67. The molecule has 1 aliphatic rings. The Labute approximate surface area is 134 Å². The molecule has 1 heterocycles. The monoisotopic (exact) mass is 325 g/mol. The molecule has 0 unspecified atom stereocenters. The maximum atomic E-state index is 12.3. The summed E-state index contributed by atoms with van der Waals surface area (Å²) in [5.41, 5.74) is 0.943. The fourth-order valence-electron chi connectivity index (χ4n) is 2.60. The molecule has 1 saturated heterocycles. The second-order valence-electron chi connectivity index (χ2n) is 7.10. The molecular weight excluding hydrogens is 298 g/mol. The number of hydrogen-bond acceptors (Lipinski definition) is 4. The SMILES string of the molecule is CC(C)(C)[C@@H]1CN(CCS(=O)(=O)Cc2ccccc2)CCO1. The van der Waals surface area contributed by atoms with E-state index < -0.39 is 9.84 Å². The summed E-state index contributed by atoms with van der Waals surface area (Å²) >= 11 is 0. The molecule has 22 heavy (non-hydrogen) atoms. The fourth-order valence-corrected chi connectivity index (χ4v) is 3.98. The summed E-state index contributed by atoms with van der Waals surface area (Å²) in [4.78, 5) is 2.21. The van der Waals surface area contributed by atoms with Crippen molar-refractivity contribution < 1.29 is 13.2 Å². The van der Waals surface area contributed by atoms with Gasteiger partial charge in [0.15, 0.2) is 9.84 Å². The fraction of sp³-hybridized carbons (Fsp3) is 0.647. The van der Waals surface area contributed by atoms with Crippen LogP contribution >= 0.6 is 0 Å². The lowest BCUT2D eigenvalue weighted by Crippen LogP contribution is -2.49. The topological polar surface area (TPSA) is 46.6 Å². The molecule has 0 spiro atoms. The van der Waals surface area contributed by atoms with E-state index in [-0.39, 0.29) is 23.0 Å². The van der Waals surface area contributed by atoms with Gasteiger partial charge in [0.1, 0.15) is 0 Å². The highest BCUT2D eigenvalue weighted by molar-refractivity contribution is 7.90. The van der Waals surface area contributed by atoms with Gasteiger partial charge >= 0.3 is 0 Å². The number of nitrogens with zero attached hydrogens (tertiary/aromatic N) is 1. The van der Waals surface area contributed by atoms with E-state index in [0.29, 0.717) is 13.2 Å². The van der Waals surface area contributed by atoms with Crippen molar-refractivity contribution in [1.29, 1.82) is 0 Å². The highest BCUT2D eigenvalue weighted by atomic mass is 32.2. The summed E-state index contributed by atoms with van der Waals surface area (Å²) in [6.45, 7) is 9.37. The summed E-state index contributed by atoms with van der Waals surface area (Å²) in [6, 6.07) is 9.38. The van der Waals surface area contributed by atoms with Crippen molar-refractivity contribution in [3.63, 3.8) is 0 Å². The van der Waals surface area contributed by atoms with Crippen LogP contribution < -0.4 is 0 Å². The first kappa shape index (κ1) is 17.4. The zero-order valence-corrected chi connectivity index (χ0v) is 14.6. The van der Waals surface area contributed by atoms with Gasteiger partial charge in [0.25, 0.3) is 0 Å². The van der Waals surface area contributed by atoms with Crippen LogP contribution in [0.25, 0.3) is 0 Å². The highest BCUT2D eigenvalue weighted by Crippen LogP contribution is 2.25. The lowest BCUT2D eigenvalue weighted by molar-refractivity contribution is -0.0779. The zero-order chi connectivity index (χ0) is 16.2. The summed E-state index contributed by atoms with van der Waals surface area (Å²) in [5.74, 6) is 0.333. The van der Waals surface area contributed by atoms with Gasteiger partial charge in [-0.2, -0.15) is 0 Å². The average Bonchev–Trinajstić information content (AvgIpc) is 2.45. The van der Waals surface area contributed by atoms with Crippen LogP contribution in [0.15, 0.2) is 30.3 Å². The van der Waals surface area contributed by atoms with Gasteiger partial charge in [0.05, 0.1) is 24.2 Å². The van der Waals surface area contributed by atoms with E-state index in [2.05, 4.69) is 25.7 Å². The van der Waals surface area contributed by atoms with E-state index in [1.54, 1.807) is 0 Å². The first-order valence-electron chi connectivity index (χ1n) is 7.84. The third-order valence-corrected chi connectivity index (χ3v) is 5.64. The second-order valence-corrected chi connectivity index (χ2v) is 9.29. The number of sulfone groups is 1. The molecule has 0 saturated carbocycles. The van der Waals surface area contributed by atoms with Crippen LogP contribution in [-0.4, -0.2) is 51.4 Å². The summed E-state index contributed by atoms with van der Waals surface area (Å²) < 4.78 is 30.3. The van der Waals surface area contributed by atoms with Crippen molar-refractivity contribution in [2.24, 2.45) is 5.41 Å². The maximum Gasteiger partial charge on any atom is 0.155 e. The minimum absolute atomic E-state index is 0.0849. The molecule has 0 bridgehead atoms. The number of benzene rings is 1. The molecule has 0 aliphatic carbocycles. The predicted octanol–water partition coefficient (Wildman–Crippen LogP) is 2.35. The molecule has 0 radical (unpaired) electrons. The quantitative estimate of drug-likeness (QED) is 0.834. The average molecular weight is 325 g/mol. The second kappa shape index (κ2) is 7.11. The largest absolute Gasteiger partial charge is 0.375 e. The van der Waals surface area contributed by atoms with Gasteiger partial charge in [-0.1, -0.05) is 51.1 Å². The number of hydrogen-bond donors (Lipinski definition) is 0. The van der Waals surface area contributed by atoms with Crippen LogP contribution in [0.1, 0.15) is 26.3 Å². The molecule has 1 aliphatic heterocycles.